The molecule has 2 saturated carbocycles. The summed E-state index contributed by atoms with van der Waals surface area (Å²) in [6, 6.07) is 5.63. The number of benzene rings is 1. The topological polar surface area (TPSA) is 113 Å². The number of amides is 2. The number of alkyl halides is 3. The number of hydrogen-bond acceptors (Lipinski definition) is 4. The molecule has 1 atom stereocenters. The van der Waals surface area contributed by atoms with Crippen molar-refractivity contribution < 1.29 is 32.7 Å². The first-order chi connectivity index (χ1) is 18.1. The third-order valence-electron chi connectivity index (χ3n) is 7.42. The molecule has 0 bridgehead atoms. The van der Waals surface area contributed by atoms with Gasteiger partial charge in [-0.05, 0) is 44.2 Å². The fourth-order valence-corrected chi connectivity index (χ4v) is 5.48. The van der Waals surface area contributed by atoms with Gasteiger partial charge in [-0.3, -0.25) is 19.1 Å². The van der Waals surface area contributed by atoms with Crippen molar-refractivity contribution in [2.75, 3.05) is 6.54 Å². The Labute approximate surface area is 219 Å². The van der Waals surface area contributed by atoms with Crippen molar-refractivity contribution in [2.24, 2.45) is 5.92 Å². The second-order valence-electron chi connectivity index (χ2n) is 10.2. The van der Waals surface area contributed by atoms with Crippen molar-refractivity contribution in [1.82, 2.24) is 20.4 Å². The van der Waals surface area contributed by atoms with Crippen LogP contribution in [0.3, 0.4) is 0 Å². The lowest BCUT2D eigenvalue weighted by Crippen LogP contribution is -2.40. The van der Waals surface area contributed by atoms with E-state index < -0.39 is 29.7 Å². The predicted octanol–water partition coefficient (Wildman–Crippen LogP) is 4.95. The lowest BCUT2D eigenvalue weighted by molar-refractivity contribution is -0.138. The molecule has 2 aromatic rings. The second-order valence-corrected chi connectivity index (χ2v) is 10.2. The van der Waals surface area contributed by atoms with Gasteiger partial charge in [-0.15, -0.1) is 0 Å². The molecule has 1 heterocycles. The fraction of sp³-hybridized carbons (Fsp3) is 0.556. The normalized spacial score (nSPS) is 17.4. The van der Waals surface area contributed by atoms with Crippen LogP contribution in [0.5, 0.6) is 0 Å². The second kappa shape index (κ2) is 12.0. The summed E-state index contributed by atoms with van der Waals surface area (Å²) in [6.07, 6.45) is 2.27. The molecule has 2 fully saturated rings. The molecule has 1 aromatic carbocycles. The number of rotatable bonds is 10. The quantitative estimate of drug-likeness (QED) is 0.399. The highest BCUT2D eigenvalue weighted by Gasteiger charge is 2.35. The highest BCUT2D eigenvalue weighted by Crippen LogP contribution is 2.40. The summed E-state index contributed by atoms with van der Waals surface area (Å²) >= 11 is 0. The Kier molecular flexibility index (Phi) is 8.73. The van der Waals surface area contributed by atoms with Gasteiger partial charge in [0, 0.05) is 24.1 Å². The third kappa shape index (κ3) is 6.73. The Balaban J connectivity index is 1.53. The van der Waals surface area contributed by atoms with E-state index in [1.807, 2.05) is 0 Å². The third-order valence-corrected chi connectivity index (χ3v) is 7.42. The Morgan fingerprint density at radius 3 is 2.37 bits per heavy atom. The largest absolute Gasteiger partial charge is 0.481 e. The Morgan fingerprint density at radius 1 is 1.05 bits per heavy atom. The minimum absolute atomic E-state index is 0.0277. The van der Waals surface area contributed by atoms with E-state index in [0.29, 0.717) is 0 Å². The van der Waals surface area contributed by atoms with Crippen molar-refractivity contribution in [2.45, 2.75) is 82.5 Å². The summed E-state index contributed by atoms with van der Waals surface area (Å²) in [5, 5.41) is 19.2. The SMILES string of the molecule is O=C(O)C[C@H](CCNC(=O)C1CCCC1)NC(=O)c1cc(-c2ccccc2C(F)(F)F)n(C2CCCC2)n1. The Hall–Kier alpha value is -3.37. The van der Waals surface area contributed by atoms with Crippen molar-refractivity contribution in [3.8, 4) is 11.3 Å². The molecule has 2 aliphatic carbocycles. The van der Waals surface area contributed by atoms with E-state index >= 15 is 0 Å². The molecule has 0 radical (unpaired) electrons. The Bertz CT molecular complexity index is 1150. The van der Waals surface area contributed by atoms with Crippen LogP contribution in [0.15, 0.2) is 30.3 Å². The van der Waals surface area contributed by atoms with Gasteiger partial charge in [-0.1, -0.05) is 43.9 Å². The molecule has 206 valence electrons. The van der Waals surface area contributed by atoms with Gasteiger partial charge in [-0.2, -0.15) is 18.3 Å². The van der Waals surface area contributed by atoms with Crippen LogP contribution < -0.4 is 10.6 Å². The van der Waals surface area contributed by atoms with Crippen LogP contribution in [0.2, 0.25) is 0 Å². The molecule has 2 aliphatic rings. The summed E-state index contributed by atoms with van der Waals surface area (Å²) in [5.41, 5.74) is -0.745. The lowest BCUT2D eigenvalue weighted by Gasteiger charge is -2.18. The number of carbonyl (C=O) groups is 3. The maximum absolute atomic E-state index is 13.8. The van der Waals surface area contributed by atoms with Crippen LogP contribution in [-0.2, 0) is 15.8 Å². The number of carboxylic acid groups (broad SMARTS) is 1. The van der Waals surface area contributed by atoms with E-state index in [0.717, 1.165) is 57.4 Å². The molecule has 0 unspecified atom stereocenters. The molecule has 38 heavy (non-hydrogen) atoms. The van der Waals surface area contributed by atoms with Crippen LogP contribution in [-0.4, -0.2) is 45.3 Å². The van der Waals surface area contributed by atoms with Crippen LogP contribution >= 0.6 is 0 Å². The Morgan fingerprint density at radius 2 is 1.71 bits per heavy atom. The minimum Gasteiger partial charge on any atom is -0.481 e. The van der Waals surface area contributed by atoms with Crippen LogP contribution in [0.1, 0.15) is 86.3 Å². The summed E-state index contributed by atoms with van der Waals surface area (Å²) < 4.78 is 42.9. The van der Waals surface area contributed by atoms with Crippen molar-refractivity contribution in [3.63, 3.8) is 0 Å². The highest BCUT2D eigenvalue weighted by atomic mass is 19.4. The van der Waals surface area contributed by atoms with Crippen LogP contribution in [0.4, 0.5) is 13.2 Å². The molecule has 1 aromatic heterocycles. The van der Waals surface area contributed by atoms with Gasteiger partial charge in [-0.25, -0.2) is 0 Å². The van der Waals surface area contributed by atoms with Gasteiger partial charge in [0.2, 0.25) is 5.91 Å². The molecule has 8 nitrogen and oxygen atoms in total. The van der Waals surface area contributed by atoms with Gasteiger partial charge < -0.3 is 15.7 Å². The molecule has 4 rings (SSSR count). The maximum Gasteiger partial charge on any atom is 0.417 e. The number of hydrogen-bond donors (Lipinski definition) is 3. The molecule has 3 N–H and O–H groups in total. The van der Waals surface area contributed by atoms with Crippen molar-refractivity contribution in [3.05, 3.63) is 41.6 Å². The molecule has 11 heteroatoms. The van der Waals surface area contributed by atoms with Gasteiger partial charge in [0.05, 0.1) is 23.7 Å². The first-order valence-electron chi connectivity index (χ1n) is 13.2. The number of carboxylic acids is 1. The highest BCUT2D eigenvalue weighted by molar-refractivity contribution is 5.94. The van der Waals surface area contributed by atoms with Gasteiger partial charge in [0.1, 0.15) is 0 Å². The lowest BCUT2D eigenvalue weighted by atomic mass is 10.0. The molecular weight excluding hydrogens is 501 g/mol. The van der Waals surface area contributed by atoms with E-state index in [1.54, 1.807) is 0 Å². The number of aromatic nitrogens is 2. The number of nitrogens with zero attached hydrogens (tertiary/aromatic N) is 2. The van der Waals surface area contributed by atoms with Crippen LogP contribution in [0.25, 0.3) is 11.3 Å². The van der Waals surface area contributed by atoms with E-state index in [2.05, 4.69) is 15.7 Å². The van der Waals surface area contributed by atoms with E-state index in [-0.39, 0.29) is 54.2 Å². The number of carbonyl (C=O) groups excluding carboxylic acids is 2. The standard InChI is InChI=1S/C27H33F3N4O4/c28-27(29,30)21-12-6-5-11-20(21)23-16-22(33-34(23)19-9-3-4-10-19)26(38)32-18(15-24(35)36)13-14-31-25(37)17-7-1-2-8-17/h5-6,11-12,16-19H,1-4,7-10,13-15H2,(H,31,37)(H,32,38)(H,35,36)/t18-/m0/s1. The zero-order valence-electron chi connectivity index (χ0n) is 21.1. The summed E-state index contributed by atoms with van der Waals surface area (Å²) in [4.78, 5) is 36.8. The molecule has 0 spiro atoms. The zero-order valence-corrected chi connectivity index (χ0v) is 21.1. The van der Waals surface area contributed by atoms with Gasteiger partial charge in [0.25, 0.3) is 5.91 Å². The fourth-order valence-electron chi connectivity index (χ4n) is 5.48. The first-order valence-corrected chi connectivity index (χ1v) is 13.2. The number of nitrogens with one attached hydrogen (secondary N) is 2. The monoisotopic (exact) mass is 534 g/mol. The summed E-state index contributed by atoms with van der Waals surface area (Å²) in [5.74, 6) is -1.87. The van der Waals surface area contributed by atoms with Gasteiger partial charge >= 0.3 is 12.1 Å². The predicted molar refractivity (Wildman–Crippen MR) is 133 cm³/mol. The summed E-state index contributed by atoms with van der Waals surface area (Å²) in [7, 11) is 0. The molecule has 2 amide bonds. The number of aliphatic carboxylic acids is 1. The first kappa shape index (κ1) is 27.7. The molecular formula is C27H33F3N4O4. The molecule has 0 saturated heterocycles. The van der Waals surface area contributed by atoms with Crippen molar-refractivity contribution in [1.29, 1.82) is 0 Å². The molecule has 0 aliphatic heterocycles. The average molecular weight is 535 g/mol. The van der Waals surface area contributed by atoms with E-state index in [9.17, 15) is 32.7 Å². The van der Waals surface area contributed by atoms with Crippen LogP contribution in [0, 0.1) is 5.92 Å². The average Bonchev–Trinajstić information content (AvgIpc) is 3.64. The van der Waals surface area contributed by atoms with E-state index in [1.165, 1.54) is 28.9 Å². The maximum atomic E-state index is 13.8. The van der Waals surface area contributed by atoms with Gasteiger partial charge in [0.15, 0.2) is 5.69 Å². The van der Waals surface area contributed by atoms with E-state index in [4.69, 9.17) is 0 Å². The smallest absolute Gasteiger partial charge is 0.417 e. The summed E-state index contributed by atoms with van der Waals surface area (Å²) in [6.45, 7) is 0.203. The zero-order chi connectivity index (χ0) is 27.3. The van der Waals surface area contributed by atoms with Crippen molar-refractivity contribution >= 4 is 17.8 Å². The minimum atomic E-state index is -4.58. The number of halogens is 3.